The molecule has 0 aromatic heterocycles. The van der Waals surface area contributed by atoms with Gasteiger partial charge in [-0.05, 0) is 66.5 Å². The van der Waals surface area contributed by atoms with Crippen molar-refractivity contribution in [1.29, 1.82) is 0 Å². The van der Waals surface area contributed by atoms with Gasteiger partial charge >= 0.3 is 0 Å². The summed E-state index contributed by atoms with van der Waals surface area (Å²) in [6.45, 7) is 14.1. The molecule has 1 spiro atoms. The maximum absolute atomic E-state index is 2.51. The van der Waals surface area contributed by atoms with E-state index < -0.39 is 0 Å². The Morgan fingerprint density at radius 1 is 0.485 bits per heavy atom. The Balaban J connectivity index is 1.87. The molecule has 0 atom stereocenters. The highest BCUT2D eigenvalue weighted by molar-refractivity contribution is 5.96. The Morgan fingerprint density at radius 3 is 1.33 bits per heavy atom. The molecule has 0 bridgehead atoms. The highest BCUT2D eigenvalue weighted by Gasteiger charge is 2.53. The second-order valence-corrected chi connectivity index (χ2v) is 11.8. The first-order valence-electron chi connectivity index (χ1n) is 12.1. The Morgan fingerprint density at radius 2 is 0.909 bits per heavy atom. The summed E-state index contributed by atoms with van der Waals surface area (Å²) < 4.78 is 0. The van der Waals surface area contributed by atoms with Crippen LogP contribution in [-0.2, 0) is 16.2 Å². The fraction of sp³-hybridized carbons (Fsp3) is 0.273. The van der Waals surface area contributed by atoms with Crippen LogP contribution in [0.15, 0.2) is 84.9 Å². The van der Waals surface area contributed by atoms with E-state index in [0.29, 0.717) is 0 Å². The average Bonchev–Trinajstić information content (AvgIpc) is 3.25. The lowest BCUT2D eigenvalue weighted by Crippen LogP contribution is -2.30. The summed E-state index contributed by atoms with van der Waals surface area (Å²) >= 11 is 0. The van der Waals surface area contributed by atoms with Crippen LogP contribution in [0.4, 0.5) is 0 Å². The molecule has 33 heavy (non-hydrogen) atoms. The van der Waals surface area contributed by atoms with E-state index in [1.54, 1.807) is 0 Å². The van der Waals surface area contributed by atoms with Crippen LogP contribution >= 0.6 is 0 Å². The third kappa shape index (κ3) is 2.58. The Kier molecular flexibility index (Phi) is 4.02. The van der Waals surface area contributed by atoms with Crippen LogP contribution in [0.1, 0.15) is 74.9 Å². The van der Waals surface area contributed by atoms with Gasteiger partial charge in [0.1, 0.15) is 0 Å². The van der Waals surface area contributed by atoms with Crippen molar-refractivity contribution in [2.45, 2.75) is 57.8 Å². The fourth-order valence-corrected chi connectivity index (χ4v) is 6.26. The zero-order valence-corrected chi connectivity index (χ0v) is 20.6. The van der Waals surface area contributed by atoms with Gasteiger partial charge in [0.05, 0.1) is 5.41 Å². The van der Waals surface area contributed by atoms with Gasteiger partial charge in [0.2, 0.25) is 0 Å². The molecule has 164 valence electrons. The number of hydrogen-bond donors (Lipinski definition) is 0. The minimum absolute atomic E-state index is 0.0207. The maximum Gasteiger partial charge on any atom is 0.0728 e. The molecule has 0 fully saturated rings. The molecule has 0 amide bonds. The molecule has 0 heterocycles. The quantitative estimate of drug-likeness (QED) is 0.227. The molecule has 6 rings (SSSR count). The highest BCUT2D eigenvalue weighted by Crippen LogP contribution is 2.64. The second kappa shape index (κ2) is 6.48. The summed E-state index contributed by atoms with van der Waals surface area (Å²) in [6.07, 6.45) is 0. The zero-order valence-electron chi connectivity index (χ0n) is 20.6. The van der Waals surface area contributed by atoms with E-state index in [4.69, 9.17) is 0 Å². The SMILES string of the molecule is CC(C)(C)c1cc2c(c(C(C)(C)C)c1)C1(c3ccccc3-c3ccccc31)c1ccccc1-2. The van der Waals surface area contributed by atoms with E-state index in [-0.39, 0.29) is 16.2 Å². The van der Waals surface area contributed by atoms with E-state index in [0.717, 1.165) is 0 Å². The van der Waals surface area contributed by atoms with Crippen molar-refractivity contribution < 1.29 is 0 Å². The van der Waals surface area contributed by atoms with E-state index in [1.807, 2.05) is 0 Å². The second-order valence-electron chi connectivity index (χ2n) is 11.8. The standard InChI is InChI=1S/C33H32/c1-31(2,3)21-19-25-24-15-9-12-18-28(24)33(30(25)29(20-21)32(4,5)6)26-16-10-7-13-22(26)23-14-8-11-17-27(23)33/h7-20H,1-6H3. The van der Waals surface area contributed by atoms with Gasteiger partial charge in [-0.15, -0.1) is 0 Å². The van der Waals surface area contributed by atoms with Gasteiger partial charge in [0.15, 0.2) is 0 Å². The molecule has 0 nitrogen and oxygen atoms in total. The third-order valence-corrected chi connectivity index (χ3v) is 7.76. The Bertz CT molecular complexity index is 1370. The van der Waals surface area contributed by atoms with Crippen LogP contribution < -0.4 is 0 Å². The van der Waals surface area contributed by atoms with Gasteiger partial charge < -0.3 is 0 Å². The molecular formula is C33H32. The first-order chi connectivity index (χ1) is 15.6. The molecule has 0 saturated heterocycles. The van der Waals surface area contributed by atoms with E-state index >= 15 is 0 Å². The topological polar surface area (TPSA) is 0 Å². The van der Waals surface area contributed by atoms with Crippen LogP contribution in [0.25, 0.3) is 22.3 Å². The Labute approximate surface area is 198 Å². The lowest BCUT2D eigenvalue weighted by Gasteiger charge is -2.36. The number of hydrogen-bond acceptors (Lipinski definition) is 0. The van der Waals surface area contributed by atoms with Gasteiger partial charge in [-0.3, -0.25) is 0 Å². The third-order valence-electron chi connectivity index (χ3n) is 7.76. The fourth-order valence-electron chi connectivity index (χ4n) is 6.26. The van der Waals surface area contributed by atoms with Crippen molar-refractivity contribution in [3.63, 3.8) is 0 Å². The molecule has 0 heteroatoms. The van der Waals surface area contributed by atoms with E-state index in [9.17, 15) is 0 Å². The largest absolute Gasteiger partial charge is 0.0728 e. The molecular weight excluding hydrogens is 396 g/mol. The average molecular weight is 429 g/mol. The van der Waals surface area contributed by atoms with Gasteiger partial charge in [0.25, 0.3) is 0 Å². The van der Waals surface area contributed by atoms with Crippen molar-refractivity contribution >= 4 is 0 Å². The summed E-state index contributed by atoms with van der Waals surface area (Å²) in [7, 11) is 0. The number of fused-ring (bicyclic) bond motifs is 10. The molecule has 4 aromatic carbocycles. The predicted octanol–water partition coefficient (Wildman–Crippen LogP) is 8.63. The number of benzene rings is 4. The Hall–Kier alpha value is -3.12. The monoisotopic (exact) mass is 428 g/mol. The summed E-state index contributed by atoms with van der Waals surface area (Å²) in [5.74, 6) is 0. The van der Waals surface area contributed by atoms with Crippen LogP contribution in [0.5, 0.6) is 0 Å². The molecule has 0 aliphatic heterocycles. The minimum atomic E-state index is -0.266. The lowest BCUT2D eigenvalue weighted by atomic mass is 9.65. The van der Waals surface area contributed by atoms with Crippen LogP contribution in [0.2, 0.25) is 0 Å². The first kappa shape index (κ1) is 20.5. The lowest BCUT2D eigenvalue weighted by molar-refractivity contribution is 0.558. The van der Waals surface area contributed by atoms with Crippen molar-refractivity contribution in [2.75, 3.05) is 0 Å². The maximum atomic E-state index is 2.51. The molecule has 0 N–H and O–H groups in total. The predicted molar refractivity (Wildman–Crippen MR) is 140 cm³/mol. The van der Waals surface area contributed by atoms with Crippen molar-refractivity contribution in [2.24, 2.45) is 0 Å². The minimum Gasteiger partial charge on any atom is -0.0619 e. The summed E-state index contributed by atoms with van der Waals surface area (Å²) in [6, 6.07) is 32.3. The number of rotatable bonds is 0. The first-order valence-corrected chi connectivity index (χ1v) is 12.1. The van der Waals surface area contributed by atoms with Crippen LogP contribution in [-0.4, -0.2) is 0 Å². The summed E-state index contributed by atoms with van der Waals surface area (Å²) in [5.41, 5.74) is 14.0. The van der Waals surface area contributed by atoms with Gasteiger partial charge in [0, 0.05) is 0 Å². The van der Waals surface area contributed by atoms with E-state index in [2.05, 4.69) is 126 Å². The normalized spacial score (nSPS) is 15.2. The molecule has 0 saturated carbocycles. The van der Waals surface area contributed by atoms with Gasteiger partial charge in [-0.2, -0.15) is 0 Å². The smallest absolute Gasteiger partial charge is 0.0619 e. The van der Waals surface area contributed by atoms with E-state index in [1.165, 1.54) is 55.6 Å². The van der Waals surface area contributed by atoms with Crippen LogP contribution in [0.3, 0.4) is 0 Å². The van der Waals surface area contributed by atoms with Gasteiger partial charge in [-0.1, -0.05) is 126 Å². The zero-order chi connectivity index (χ0) is 23.2. The van der Waals surface area contributed by atoms with Crippen molar-refractivity contribution in [3.05, 3.63) is 118 Å². The van der Waals surface area contributed by atoms with Crippen molar-refractivity contribution in [1.82, 2.24) is 0 Å². The molecule has 2 aliphatic rings. The molecule has 0 radical (unpaired) electrons. The highest BCUT2D eigenvalue weighted by atomic mass is 14.5. The molecule has 4 aromatic rings. The van der Waals surface area contributed by atoms with Gasteiger partial charge in [-0.25, -0.2) is 0 Å². The molecule has 2 aliphatic carbocycles. The summed E-state index contributed by atoms with van der Waals surface area (Å²) in [5, 5.41) is 0. The van der Waals surface area contributed by atoms with Crippen LogP contribution in [0, 0.1) is 0 Å². The summed E-state index contributed by atoms with van der Waals surface area (Å²) in [4.78, 5) is 0. The molecule has 0 unspecified atom stereocenters. The van der Waals surface area contributed by atoms with Crippen molar-refractivity contribution in [3.8, 4) is 22.3 Å².